The average molecular weight is 378 g/mol. The van der Waals surface area contributed by atoms with Gasteiger partial charge in [-0.15, -0.1) is 0 Å². The van der Waals surface area contributed by atoms with Gasteiger partial charge in [-0.1, -0.05) is 11.6 Å². The molecule has 7 heteroatoms. The molecule has 0 aliphatic rings. The Balaban J connectivity index is 2.08. The molecule has 1 atom stereocenters. The molecule has 138 valence electrons. The molecular weight excluding hydrogens is 358 g/mol. The van der Waals surface area contributed by atoms with E-state index >= 15 is 0 Å². The molecule has 26 heavy (non-hydrogen) atoms. The largest absolute Gasteiger partial charge is 0.493 e. The van der Waals surface area contributed by atoms with Crippen molar-refractivity contribution in [3.8, 4) is 17.2 Å². The molecule has 2 aromatic carbocycles. The van der Waals surface area contributed by atoms with Crippen molar-refractivity contribution in [2.75, 3.05) is 19.5 Å². The molecule has 2 aromatic rings. The first-order chi connectivity index (χ1) is 12.3. The molecule has 1 N–H and O–H groups in total. The van der Waals surface area contributed by atoms with E-state index in [2.05, 4.69) is 5.32 Å². The fourth-order valence-corrected chi connectivity index (χ4v) is 2.41. The van der Waals surface area contributed by atoms with E-state index in [1.165, 1.54) is 21.1 Å². The summed E-state index contributed by atoms with van der Waals surface area (Å²) < 4.78 is 16.0. The van der Waals surface area contributed by atoms with Gasteiger partial charge in [0.2, 0.25) is 0 Å². The lowest BCUT2D eigenvalue weighted by molar-refractivity contribution is -0.122. The van der Waals surface area contributed by atoms with Gasteiger partial charge in [0.05, 0.1) is 24.9 Å². The smallest absolute Gasteiger partial charge is 0.265 e. The summed E-state index contributed by atoms with van der Waals surface area (Å²) in [6.07, 6.45) is -0.776. The molecule has 1 amide bonds. The summed E-state index contributed by atoms with van der Waals surface area (Å²) in [6, 6.07) is 9.71. The van der Waals surface area contributed by atoms with Crippen LogP contribution in [0.1, 0.15) is 24.2 Å². The summed E-state index contributed by atoms with van der Waals surface area (Å²) >= 11 is 6.17. The number of ether oxygens (including phenoxy) is 3. The van der Waals surface area contributed by atoms with E-state index in [1.54, 1.807) is 43.3 Å². The van der Waals surface area contributed by atoms with Crippen LogP contribution in [0, 0.1) is 0 Å². The topological polar surface area (TPSA) is 73.9 Å². The third-order valence-electron chi connectivity index (χ3n) is 3.67. The highest BCUT2D eigenvalue weighted by molar-refractivity contribution is 6.34. The Hall–Kier alpha value is -2.73. The van der Waals surface area contributed by atoms with Gasteiger partial charge in [0.15, 0.2) is 23.4 Å². The maximum atomic E-state index is 12.4. The Kier molecular flexibility index (Phi) is 6.46. The molecule has 0 aliphatic heterocycles. The summed E-state index contributed by atoms with van der Waals surface area (Å²) in [5.41, 5.74) is 0.961. The maximum Gasteiger partial charge on any atom is 0.265 e. The van der Waals surface area contributed by atoms with Gasteiger partial charge in [-0.3, -0.25) is 9.59 Å². The summed E-state index contributed by atoms with van der Waals surface area (Å²) in [4.78, 5) is 23.7. The number of rotatable bonds is 7. The molecule has 2 rings (SSSR count). The van der Waals surface area contributed by atoms with Crippen LogP contribution in [0.3, 0.4) is 0 Å². The fraction of sp³-hybridized carbons (Fsp3) is 0.263. The number of ketones is 1. The fourth-order valence-electron chi connectivity index (χ4n) is 2.21. The van der Waals surface area contributed by atoms with Crippen LogP contribution in [-0.4, -0.2) is 32.0 Å². The van der Waals surface area contributed by atoms with Gasteiger partial charge >= 0.3 is 0 Å². The van der Waals surface area contributed by atoms with Crippen LogP contribution in [0.2, 0.25) is 5.02 Å². The number of nitrogens with one attached hydrogen (secondary N) is 1. The third kappa shape index (κ3) is 4.67. The number of benzene rings is 2. The molecule has 0 heterocycles. The Morgan fingerprint density at radius 2 is 1.62 bits per heavy atom. The van der Waals surface area contributed by atoms with Crippen molar-refractivity contribution in [3.05, 3.63) is 47.0 Å². The second-order valence-corrected chi connectivity index (χ2v) is 5.92. The van der Waals surface area contributed by atoms with Crippen molar-refractivity contribution in [1.82, 2.24) is 0 Å². The van der Waals surface area contributed by atoms with Crippen molar-refractivity contribution in [3.63, 3.8) is 0 Å². The highest BCUT2D eigenvalue weighted by Crippen LogP contribution is 2.36. The minimum atomic E-state index is -0.776. The van der Waals surface area contributed by atoms with Gasteiger partial charge in [-0.25, -0.2) is 0 Å². The standard InChI is InChI=1S/C19H20ClNO5/c1-11(22)13-5-7-14(8-6-13)26-12(2)19(23)21-16-10-18(25-4)17(24-3)9-15(16)20/h5-10,12H,1-4H3,(H,21,23). The first kappa shape index (κ1) is 19.6. The molecule has 0 saturated carbocycles. The van der Waals surface area contributed by atoms with Crippen LogP contribution in [0.5, 0.6) is 17.2 Å². The lowest BCUT2D eigenvalue weighted by Crippen LogP contribution is -2.30. The molecule has 0 radical (unpaired) electrons. The van der Waals surface area contributed by atoms with E-state index < -0.39 is 6.10 Å². The first-order valence-corrected chi connectivity index (χ1v) is 8.23. The normalized spacial score (nSPS) is 11.4. The van der Waals surface area contributed by atoms with Crippen molar-refractivity contribution >= 4 is 29.0 Å². The minimum absolute atomic E-state index is 0.0366. The zero-order valence-corrected chi connectivity index (χ0v) is 15.7. The monoisotopic (exact) mass is 377 g/mol. The lowest BCUT2D eigenvalue weighted by atomic mass is 10.1. The Morgan fingerprint density at radius 3 is 2.15 bits per heavy atom. The zero-order valence-electron chi connectivity index (χ0n) is 15.0. The van der Waals surface area contributed by atoms with Gasteiger partial charge in [-0.2, -0.15) is 0 Å². The predicted molar refractivity (Wildman–Crippen MR) is 99.7 cm³/mol. The number of hydrogen-bond donors (Lipinski definition) is 1. The average Bonchev–Trinajstić information content (AvgIpc) is 2.63. The summed E-state index contributed by atoms with van der Waals surface area (Å²) in [5, 5.41) is 3.01. The molecule has 0 saturated heterocycles. The van der Waals surface area contributed by atoms with Crippen molar-refractivity contribution in [2.45, 2.75) is 20.0 Å². The maximum absolute atomic E-state index is 12.4. The summed E-state index contributed by atoms with van der Waals surface area (Å²) in [5.74, 6) is 0.974. The molecule has 0 bridgehead atoms. The third-order valence-corrected chi connectivity index (χ3v) is 3.99. The second kappa shape index (κ2) is 8.58. The van der Waals surface area contributed by atoms with Crippen LogP contribution in [0.25, 0.3) is 0 Å². The van der Waals surface area contributed by atoms with Crippen molar-refractivity contribution in [1.29, 1.82) is 0 Å². The minimum Gasteiger partial charge on any atom is -0.493 e. The van der Waals surface area contributed by atoms with Crippen LogP contribution >= 0.6 is 11.6 Å². The highest BCUT2D eigenvalue weighted by Gasteiger charge is 2.18. The van der Waals surface area contributed by atoms with Gasteiger partial charge < -0.3 is 19.5 Å². The van der Waals surface area contributed by atoms with Gasteiger partial charge in [0.1, 0.15) is 5.75 Å². The number of amides is 1. The Labute approximate surface area is 157 Å². The number of Topliss-reactive ketones (excluding diaryl/α,β-unsaturated/α-hetero) is 1. The van der Waals surface area contributed by atoms with Crippen molar-refractivity contribution < 1.29 is 23.8 Å². The number of methoxy groups -OCH3 is 2. The number of anilines is 1. The molecular formula is C19H20ClNO5. The van der Waals surface area contributed by atoms with E-state index in [0.717, 1.165) is 0 Å². The number of carbonyl (C=O) groups is 2. The first-order valence-electron chi connectivity index (χ1n) is 7.85. The van der Waals surface area contributed by atoms with E-state index in [4.69, 9.17) is 25.8 Å². The number of halogens is 1. The van der Waals surface area contributed by atoms with E-state index in [1.807, 2.05) is 0 Å². The SMILES string of the molecule is COc1cc(Cl)c(NC(=O)C(C)Oc2ccc(C(C)=O)cc2)cc1OC. The Bertz CT molecular complexity index is 804. The van der Waals surface area contributed by atoms with E-state index in [-0.39, 0.29) is 11.7 Å². The highest BCUT2D eigenvalue weighted by atomic mass is 35.5. The molecule has 1 unspecified atom stereocenters. The molecule has 6 nitrogen and oxygen atoms in total. The van der Waals surface area contributed by atoms with Crippen LogP contribution < -0.4 is 19.5 Å². The van der Waals surface area contributed by atoms with Gasteiger partial charge in [0.25, 0.3) is 5.91 Å². The summed E-state index contributed by atoms with van der Waals surface area (Å²) in [6.45, 7) is 3.10. The van der Waals surface area contributed by atoms with Gasteiger partial charge in [-0.05, 0) is 38.1 Å². The predicted octanol–water partition coefficient (Wildman–Crippen LogP) is 3.97. The van der Waals surface area contributed by atoms with Crippen LogP contribution in [-0.2, 0) is 4.79 Å². The quantitative estimate of drug-likeness (QED) is 0.739. The number of hydrogen-bond acceptors (Lipinski definition) is 5. The molecule has 0 spiro atoms. The van der Waals surface area contributed by atoms with E-state index in [9.17, 15) is 9.59 Å². The summed E-state index contributed by atoms with van der Waals surface area (Å²) in [7, 11) is 2.99. The lowest BCUT2D eigenvalue weighted by Gasteiger charge is -2.17. The zero-order chi connectivity index (χ0) is 19.3. The van der Waals surface area contributed by atoms with Crippen LogP contribution in [0.15, 0.2) is 36.4 Å². The van der Waals surface area contributed by atoms with Crippen molar-refractivity contribution in [2.24, 2.45) is 0 Å². The van der Waals surface area contributed by atoms with Gasteiger partial charge in [0, 0.05) is 17.7 Å². The molecule has 0 fully saturated rings. The Morgan fingerprint density at radius 1 is 1.04 bits per heavy atom. The molecule has 0 aliphatic carbocycles. The second-order valence-electron chi connectivity index (χ2n) is 5.52. The number of carbonyl (C=O) groups excluding carboxylic acids is 2. The van der Waals surface area contributed by atoms with E-state index in [0.29, 0.717) is 33.5 Å². The van der Waals surface area contributed by atoms with Crippen LogP contribution in [0.4, 0.5) is 5.69 Å². The molecule has 0 aromatic heterocycles.